The van der Waals surface area contributed by atoms with Gasteiger partial charge in [0.25, 0.3) is 0 Å². The predicted molar refractivity (Wildman–Crippen MR) is 73.9 cm³/mol. The summed E-state index contributed by atoms with van der Waals surface area (Å²) in [6, 6.07) is 0. The van der Waals surface area contributed by atoms with Crippen LogP contribution in [0.1, 0.15) is 33.6 Å². The molecule has 0 atom stereocenters. The maximum atomic E-state index is 5.34. The molecule has 0 heterocycles. The first-order valence-electron chi connectivity index (χ1n) is 5.82. The monoisotopic (exact) mass is 236 g/mol. The van der Waals surface area contributed by atoms with E-state index in [1.165, 1.54) is 0 Å². The Bertz CT molecular complexity index is 293. The minimum Gasteiger partial charge on any atom is -0.379 e. The smallest absolute Gasteiger partial charge is 0.137 e. The maximum Gasteiger partial charge on any atom is 0.137 e. The quantitative estimate of drug-likeness (QED) is 0.412. The summed E-state index contributed by atoms with van der Waals surface area (Å²) < 4.78 is 5.34. The SMILES string of the molecule is C#CCCOCCC#C[Si](C)(C)C(C)(C)C. The largest absolute Gasteiger partial charge is 0.379 e. The van der Waals surface area contributed by atoms with Crippen LogP contribution in [0.25, 0.3) is 0 Å². The Labute approximate surface area is 102 Å². The van der Waals surface area contributed by atoms with E-state index in [-0.39, 0.29) is 0 Å². The Morgan fingerprint density at radius 2 is 1.69 bits per heavy atom. The standard InChI is InChI=1S/C14H24OSi/c1-7-8-11-15-12-9-10-13-16(5,6)14(2,3)4/h1H,8-9,11-12H2,2-6H3. The average molecular weight is 236 g/mol. The van der Waals surface area contributed by atoms with E-state index in [1.54, 1.807) is 0 Å². The second kappa shape index (κ2) is 6.79. The minimum atomic E-state index is -1.43. The first kappa shape index (κ1) is 15.3. The fourth-order valence-electron chi connectivity index (χ4n) is 0.827. The highest BCUT2D eigenvalue weighted by atomic mass is 28.3. The van der Waals surface area contributed by atoms with Gasteiger partial charge >= 0.3 is 0 Å². The third-order valence-electron chi connectivity index (χ3n) is 3.04. The topological polar surface area (TPSA) is 9.23 Å². The average Bonchev–Trinajstić information content (AvgIpc) is 2.14. The first-order chi connectivity index (χ1) is 7.31. The van der Waals surface area contributed by atoms with Gasteiger partial charge in [-0.25, -0.2) is 0 Å². The van der Waals surface area contributed by atoms with E-state index in [1.807, 2.05) is 0 Å². The Kier molecular flexibility index (Phi) is 6.49. The lowest BCUT2D eigenvalue weighted by Crippen LogP contribution is -2.35. The fourth-order valence-corrected chi connectivity index (χ4v) is 1.77. The lowest BCUT2D eigenvalue weighted by molar-refractivity contribution is 0.146. The van der Waals surface area contributed by atoms with Crippen LogP contribution < -0.4 is 0 Å². The molecule has 0 aromatic carbocycles. The summed E-state index contributed by atoms with van der Waals surface area (Å²) in [5, 5.41) is 0.338. The van der Waals surface area contributed by atoms with Gasteiger partial charge in [-0.1, -0.05) is 33.9 Å². The molecule has 0 aliphatic rings. The molecule has 0 unspecified atom stereocenters. The predicted octanol–water partition coefficient (Wildman–Crippen LogP) is 3.47. The minimum absolute atomic E-state index is 0.338. The molecule has 0 amide bonds. The molecule has 0 aliphatic heterocycles. The van der Waals surface area contributed by atoms with Crippen molar-refractivity contribution in [2.24, 2.45) is 0 Å². The molecule has 2 heteroatoms. The molecular weight excluding hydrogens is 212 g/mol. The van der Waals surface area contributed by atoms with Gasteiger partial charge in [-0.2, -0.15) is 0 Å². The molecule has 0 radical (unpaired) electrons. The van der Waals surface area contributed by atoms with Crippen molar-refractivity contribution >= 4 is 8.07 Å². The van der Waals surface area contributed by atoms with Crippen LogP contribution in [0.5, 0.6) is 0 Å². The molecule has 0 aliphatic carbocycles. The molecule has 0 saturated heterocycles. The number of rotatable bonds is 4. The number of hydrogen-bond acceptors (Lipinski definition) is 1. The van der Waals surface area contributed by atoms with Crippen LogP contribution in [0, 0.1) is 23.8 Å². The van der Waals surface area contributed by atoms with Crippen molar-refractivity contribution in [1.82, 2.24) is 0 Å². The van der Waals surface area contributed by atoms with Crippen molar-refractivity contribution in [3.63, 3.8) is 0 Å². The fraction of sp³-hybridized carbons (Fsp3) is 0.714. The van der Waals surface area contributed by atoms with Crippen LogP contribution >= 0.6 is 0 Å². The summed E-state index contributed by atoms with van der Waals surface area (Å²) in [4.78, 5) is 0. The highest BCUT2D eigenvalue weighted by molar-refractivity contribution is 6.87. The molecule has 0 saturated carbocycles. The Morgan fingerprint density at radius 1 is 1.12 bits per heavy atom. The van der Waals surface area contributed by atoms with Gasteiger partial charge in [0.15, 0.2) is 0 Å². The van der Waals surface area contributed by atoms with Gasteiger partial charge in [-0.05, 0) is 5.04 Å². The van der Waals surface area contributed by atoms with E-state index in [9.17, 15) is 0 Å². The number of hydrogen-bond donors (Lipinski definition) is 0. The molecular formula is C14H24OSi. The van der Waals surface area contributed by atoms with Crippen molar-refractivity contribution in [3.05, 3.63) is 0 Å². The van der Waals surface area contributed by atoms with E-state index in [0.29, 0.717) is 24.7 Å². The second-order valence-corrected chi connectivity index (χ2v) is 10.5. The van der Waals surface area contributed by atoms with Crippen molar-refractivity contribution in [2.75, 3.05) is 13.2 Å². The molecule has 0 N–H and O–H groups in total. The molecule has 16 heavy (non-hydrogen) atoms. The summed E-state index contributed by atoms with van der Waals surface area (Å²) >= 11 is 0. The van der Waals surface area contributed by atoms with Crippen LogP contribution in [0.4, 0.5) is 0 Å². The third kappa shape index (κ3) is 6.01. The van der Waals surface area contributed by atoms with Gasteiger partial charge in [0.05, 0.1) is 13.2 Å². The molecule has 0 aromatic rings. The summed E-state index contributed by atoms with van der Waals surface area (Å²) in [7, 11) is -1.43. The van der Waals surface area contributed by atoms with Crippen molar-refractivity contribution in [2.45, 2.75) is 51.7 Å². The molecule has 0 spiro atoms. The van der Waals surface area contributed by atoms with Crippen LogP contribution in [0.2, 0.25) is 18.1 Å². The number of ether oxygens (including phenoxy) is 1. The Morgan fingerprint density at radius 3 is 2.19 bits per heavy atom. The Hall–Kier alpha value is -0.703. The van der Waals surface area contributed by atoms with Gasteiger partial charge in [-0.15, -0.1) is 23.8 Å². The molecule has 0 bridgehead atoms. The zero-order chi connectivity index (χ0) is 12.7. The molecule has 90 valence electrons. The zero-order valence-electron chi connectivity index (χ0n) is 11.3. The highest BCUT2D eigenvalue weighted by Gasteiger charge is 2.33. The van der Waals surface area contributed by atoms with Crippen molar-refractivity contribution < 1.29 is 4.74 Å². The lowest BCUT2D eigenvalue weighted by atomic mass is 10.2. The normalized spacial score (nSPS) is 11.5. The van der Waals surface area contributed by atoms with Gasteiger partial charge in [0, 0.05) is 12.8 Å². The Balaban J connectivity index is 3.90. The maximum absolute atomic E-state index is 5.34. The van der Waals surface area contributed by atoms with Gasteiger partial charge < -0.3 is 4.74 Å². The number of terminal acetylenes is 1. The van der Waals surface area contributed by atoms with E-state index in [2.05, 4.69) is 51.2 Å². The summed E-state index contributed by atoms with van der Waals surface area (Å²) in [6.07, 6.45) is 6.63. The van der Waals surface area contributed by atoms with Crippen LogP contribution in [-0.4, -0.2) is 21.3 Å². The summed E-state index contributed by atoms with van der Waals surface area (Å²) in [5.74, 6) is 5.79. The van der Waals surface area contributed by atoms with Gasteiger partial charge in [0.1, 0.15) is 8.07 Å². The van der Waals surface area contributed by atoms with Crippen molar-refractivity contribution in [3.8, 4) is 23.8 Å². The van der Waals surface area contributed by atoms with E-state index in [0.717, 1.165) is 6.42 Å². The van der Waals surface area contributed by atoms with Crippen LogP contribution in [0.15, 0.2) is 0 Å². The van der Waals surface area contributed by atoms with Gasteiger partial charge in [-0.3, -0.25) is 0 Å². The molecule has 0 fully saturated rings. The first-order valence-corrected chi connectivity index (χ1v) is 8.82. The van der Waals surface area contributed by atoms with E-state index in [4.69, 9.17) is 11.2 Å². The third-order valence-corrected chi connectivity index (χ3v) is 7.59. The van der Waals surface area contributed by atoms with Crippen LogP contribution in [-0.2, 0) is 4.74 Å². The van der Waals surface area contributed by atoms with E-state index < -0.39 is 8.07 Å². The highest BCUT2D eigenvalue weighted by Crippen LogP contribution is 2.35. The zero-order valence-corrected chi connectivity index (χ0v) is 12.3. The van der Waals surface area contributed by atoms with E-state index >= 15 is 0 Å². The summed E-state index contributed by atoms with van der Waals surface area (Å²) in [6.45, 7) is 12.8. The molecule has 1 nitrogen and oxygen atoms in total. The lowest BCUT2D eigenvalue weighted by Gasteiger charge is -2.31. The second-order valence-electron chi connectivity index (χ2n) is 5.49. The van der Waals surface area contributed by atoms with Gasteiger partial charge in [0.2, 0.25) is 0 Å². The molecule has 0 aromatic heterocycles. The van der Waals surface area contributed by atoms with Crippen LogP contribution in [0.3, 0.4) is 0 Å². The summed E-state index contributed by atoms with van der Waals surface area (Å²) in [5.41, 5.74) is 3.46. The molecule has 0 rings (SSSR count). The van der Waals surface area contributed by atoms with Crippen molar-refractivity contribution in [1.29, 1.82) is 0 Å².